The van der Waals surface area contributed by atoms with Gasteiger partial charge in [0.2, 0.25) is 0 Å². The molecule has 0 saturated carbocycles. The van der Waals surface area contributed by atoms with Gasteiger partial charge < -0.3 is 20.2 Å². The highest BCUT2D eigenvalue weighted by Crippen LogP contribution is 2.25. The Morgan fingerprint density at radius 2 is 2.39 bits per heavy atom. The highest BCUT2D eigenvalue weighted by molar-refractivity contribution is 5.86. The summed E-state index contributed by atoms with van der Waals surface area (Å²) in [7, 11) is 0. The van der Waals surface area contributed by atoms with Gasteiger partial charge in [-0.15, -0.1) is 0 Å². The van der Waals surface area contributed by atoms with Crippen LogP contribution in [-0.2, 0) is 4.74 Å². The van der Waals surface area contributed by atoms with E-state index in [2.05, 4.69) is 17.2 Å². The summed E-state index contributed by atoms with van der Waals surface area (Å²) in [5.74, 6) is 0. The van der Waals surface area contributed by atoms with Crippen LogP contribution in [0.1, 0.15) is 19.8 Å². The third-order valence-electron chi connectivity index (χ3n) is 3.32. The average Bonchev–Trinajstić information content (AvgIpc) is 2.97. The number of anilines is 2. The first-order valence-corrected chi connectivity index (χ1v) is 6.27. The zero-order valence-electron chi connectivity index (χ0n) is 10.3. The van der Waals surface area contributed by atoms with E-state index in [1.807, 2.05) is 18.2 Å². The Morgan fingerprint density at radius 1 is 1.50 bits per heavy atom. The van der Waals surface area contributed by atoms with Gasteiger partial charge >= 0.3 is 0 Å². The van der Waals surface area contributed by atoms with Gasteiger partial charge in [0, 0.05) is 6.61 Å². The van der Waals surface area contributed by atoms with Crippen molar-refractivity contribution in [2.24, 2.45) is 0 Å². The van der Waals surface area contributed by atoms with E-state index in [4.69, 9.17) is 14.9 Å². The van der Waals surface area contributed by atoms with Gasteiger partial charge in [-0.05, 0) is 31.9 Å². The first-order valence-electron chi connectivity index (χ1n) is 6.27. The van der Waals surface area contributed by atoms with Crippen LogP contribution in [0.3, 0.4) is 0 Å². The lowest BCUT2D eigenvalue weighted by atomic mass is 10.1. The first-order chi connectivity index (χ1) is 8.74. The molecular formula is C13H17N3O2. The number of hydrogen-bond donors (Lipinski definition) is 2. The van der Waals surface area contributed by atoms with Crippen LogP contribution in [0.15, 0.2) is 22.6 Å². The summed E-state index contributed by atoms with van der Waals surface area (Å²) in [6, 6.07) is 6.22. The predicted octanol–water partition coefficient (Wildman–Crippen LogP) is 2.39. The Hall–Kier alpha value is -1.75. The third-order valence-corrected chi connectivity index (χ3v) is 3.32. The SMILES string of the molecule is CC(Nc1nc2c(N)cccc2o1)C1CCCO1. The van der Waals surface area contributed by atoms with E-state index in [9.17, 15) is 0 Å². The number of para-hydroxylation sites is 1. The predicted molar refractivity (Wildman–Crippen MR) is 70.5 cm³/mol. The van der Waals surface area contributed by atoms with Crippen molar-refractivity contribution in [3.8, 4) is 0 Å². The van der Waals surface area contributed by atoms with E-state index in [0.717, 1.165) is 19.4 Å². The van der Waals surface area contributed by atoms with Crippen molar-refractivity contribution < 1.29 is 9.15 Å². The molecule has 1 saturated heterocycles. The molecule has 3 N–H and O–H groups in total. The van der Waals surface area contributed by atoms with Crippen LogP contribution in [0.25, 0.3) is 11.1 Å². The van der Waals surface area contributed by atoms with Crippen molar-refractivity contribution in [3.63, 3.8) is 0 Å². The van der Waals surface area contributed by atoms with Crippen LogP contribution in [0.2, 0.25) is 0 Å². The molecule has 1 aromatic carbocycles. The quantitative estimate of drug-likeness (QED) is 0.815. The van der Waals surface area contributed by atoms with Gasteiger partial charge in [-0.1, -0.05) is 6.07 Å². The van der Waals surface area contributed by atoms with Crippen molar-refractivity contribution in [3.05, 3.63) is 18.2 Å². The smallest absolute Gasteiger partial charge is 0.296 e. The van der Waals surface area contributed by atoms with Crippen LogP contribution in [0.5, 0.6) is 0 Å². The number of benzene rings is 1. The van der Waals surface area contributed by atoms with E-state index < -0.39 is 0 Å². The van der Waals surface area contributed by atoms with E-state index in [0.29, 0.717) is 22.8 Å². The zero-order chi connectivity index (χ0) is 12.5. The molecule has 5 nitrogen and oxygen atoms in total. The normalized spacial score (nSPS) is 21.3. The number of rotatable bonds is 3. The molecule has 3 rings (SSSR count). The van der Waals surface area contributed by atoms with Gasteiger partial charge in [-0.2, -0.15) is 4.98 Å². The second-order valence-electron chi connectivity index (χ2n) is 4.70. The fraction of sp³-hybridized carbons (Fsp3) is 0.462. The van der Waals surface area contributed by atoms with E-state index in [1.54, 1.807) is 0 Å². The summed E-state index contributed by atoms with van der Waals surface area (Å²) in [6.45, 7) is 2.92. The van der Waals surface area contributed by atoms with Crippen molar-refractivity contribution in [1.29, 1.82) is 0 Å². The van der Waals surface area contributed by atoms with Gasteiger partial charge in [-0.25, -0.2) is 0 Å². The zero-order valence-corrected chi connectivity index (χ0v) is 10.3. The fourth-order valence-electron chi connectivity index (χ4n) is 2.32. The lowest BCUT2D eigenvalue weighted by Crippen LogP contribution is -2.30. The maximum Gasteiger partial charge on any atom is 0.296 e. The molecule has 2 aromatic rings. The summed E-state index contributed by atoms with van der Waals surface area (Å²) >= 11 is 0. The van der Waals surface area contributed by atoms with E-state index >= 15 is 0 Å². The van der Waals surface area contributed by atoms with Gasteiger partial charge in [0.1, 0.15) is 5.52 Å². The molecule has 5 heteroatoms. The van der Waals surface area contributed by atoms with Crippen molar-refractivity contribution in [2.45, 2.75) is 31.9 Å². The number of nitrogens with one attached hydrogen (secondary N) is 1. The van der Waals surface area contributed by atoms with Crippen LogP contribution in [-0.4, -0.2) is 23.7 Å². The number of fused-ring (bicyclic) bond motifs is 1. The van der Waals surface area contributed by atoms with E-state index in [1.165, 1.54) is 0 Å². The molecule has 1 aliphatic rings. The summed E-state index contributed by atoms with van der Waals surface area (Å²) in [6.07, 6.45) is 2.44. The number of aromatic nitrogens is 1. The Kier molecular flexibility index (Phi) is 2.83. The summed E-state index contributed by atoms with van der Waals surface area (Å²) < 4.78 is 11.2. The lowest BCUT2D eigenvalue weighted by molar-refractivity contribution is 0.0990. The summed E-state index contributed by atoms with van der Waals surface area (Å²) in [4.78, 5) is 4.37. The van der Waals surface area contributed by atoms with Crippen LogP contribution < -0.4 is 11.1 Å². The summed E-state index contributed by atoms with van der Waals surface area (Å²) in [5, 5.41) is 3.24. The minimum Gasteiger partial charge on any atom is -0.423 e. The number of nitrogens with two attached hydrogens (primary N) is 1. The molecule has 0 aliphatic carbocycles. The molecular weight excluding hydrogens is 230 g/mol. The highest BCUT2D eigenvalue weighted by atomic mass is 16.5. The number of oxazole rings is 1. The minimum atomic E-state index is 0.182. The number of ether oxygens (including phenoxy) is 1. The van der Waals surface area contributed by atoms with Gasteiger partial charge in [-0.3, -0.25) is 0 Å². The molecule has 1 fully saturated rings. The maximum atomic E-state index is 5.85. The second kappa shape index (κ2) is 4.49. The number of hydrogen-bond acceptors (Lipinski definition) is 5. The Balaban J connectivity index is 1.80. The molecule has 2 unspecified atom stereocenters. The molecule has 1 aromatic heterocycles. The molecule has 0 amide bonds. The molecule has 96 valence electrons. The molecule has 0 radical (unpaired) electrons. The highest BCUT2D eigenvalue weighted by Gasteiger charge is 2.23. The second-order valence-corrected chi connectivity index (χ2v) is 4.70. The third kappa shape index (κ3) is 2.01. The molecule has 2 atom stereocenters. The van der Waals surface area contributed by atoms with Crippen molar-refractivity contribution >= 4 is 22.8 Å². The topological polar surface area (TPSA) is 73.3 Å². The fourth-order valence-corrected chi connectivity index (χ4v) is 2.32. The van der Waals surface area contributed by atoms with Crippen molar-refractivity contribution in [1.82, 2.24) is 4.98 Å². The first kappa shape index (κ1) is 11.3. The molecule has 18 heavy (non-hydrogen) atoms. The largest absolute Gasteiger partial charge is 0.423 e. The summed E-state index contributed by atoms with van der Waals surface area (Å²) in [5.41, 5.74) is 7.89. The standard InChI is InChI=1S/C13H17N3O2/c1-8(10-6-3-7-17-10)15-13-16-12-9(14)4-2-5-11(12)18-13/h2,4-5,8,10H,3,6-7,14H2,1H3,(H,15,16). The maximum absolute atomic E-state index is 5.85. The number of nitrogens with zero attached hydrogens (tertiary/aromatic N) is 1. The molecule has 0 spiro atoms. The van der Waals surface area contributed by atoms with Crippen molar-refractivity contribution in [2.75, 3.05) is 17.7 Å². The van der Waals surface area contributed by atoms with Gasteiger partial charge in [0.25, 0.3) is 6.01 Å². The Bertz CT molecular complexity index is 546. The molecule has 1 aliphatic heterocycles. The lowest BCUT2D eigenvalue weighted by Gasteiger charge is -2.18. The van der Waals surface area contributed by atoms with Crippen LogP contribution >= 0.6 is 0 Å². The van der Waals surface area contributed by atoms with Crippen LogP contribution in [0.4, 0.5) is 11.7 Å². The van der Waals surface area contributed by atoms with E-state index in [-0.39, 0.29) is 12.1 Å². The molecule has 0 bridgehead atoms. The van der Waals surface area contributed by atoms with Crippen LogP contribution in [0, 0.1) is 0 Å². The van der Waals surface area contributed by atoms with Gasteiger partial charge in [0.05, 0.1) is 17.8 Å². The number of nitrogen functional groups attached to an aromatic ring is 1. The molecule has 2 heterocycles. The Labute approximate surface area is 105 Å². The monoisotopic (exact) mass is 247 g/mol. The minimum absolute atomic E-state index is 0.182. The van der Waals surface area contributed by atoms with Gasteiger partial charge in [0.15, 0.2) is 5.58 Å². The average molecular weight is 247 g/mol. The Morgan fingerprint density at radius 3 is 3.11 bits per heavy atom.